The zero-order valence-electron chi connectivity index (χ0n) is 12.4. The van der Waals surface area contributed by atoms with Crippen LogP contribution in [0.2, 0.25) is 0 Å². The molecule has 0 bridgehead atoms. The lowest BCUT2D eigenvalue weighted by Gasteiger charge is -2.12. The molecule has 0 fully saturated rings. The zero-order chi connectivity index (χ0) is 15.2. The number of hydrogen-bond acceptors (Lipinski definition) is 5. The number of oxime groups is 1. The average molecular weight is 289 g/mol. The highest BCUT2D eigenvalue weighted by atomic mass is 16.5. The molecule has 6 heteroatoms. The summed E-state index contributed by atoms with van der Waals surface area (Å²) in [4.78, 5) is 0. The van der Waals surface area contributed by atoms with Crippen LogP contribution in [0.25, 0.3) is 0 Å². The Balaban J connectivity index is 2.04. The maximum Gasteiger partial charge on any atom is 0.161 e. The Hall–Kier alpha value is -2.50. The first-order valence-electron chi connectivity index (χ1n) is 6.62. The smallest absolute Gasteiger partial charge is 0.161 e. The quantitative estimate of drug-likeness (QED) is 0.503. The highest BCUT2D eigenvalue weighted by molar-refractivity contribution is 5.98. The molecule has 1 aromatic heterocycles. The standard InChI is InChI=1S/C15H19N3O3/c1-11(17-19)12-4-5-14(15(10-12)20-3)21-9-7-13-6-8-16-18(13)2/h4-6,8,10,19H,7,9H2,1-3H3/b17-11+. The molecule has 0 radical (unpaired) electrons. The molecule has 1 heterocycles. The van der Waals surface area contributed by atoms with Crippen LogP contribution in [-0.2, 0) is 13.5 Å². The van der Waals surface area contributed by atoms with Gasteiger partial charge in [0.25, 0.3) is 0 Å². The predicted octanol–water partition coefficient (Wildman–Crippen LogP) is 2.25. The van der Waals surface area contributed by atoms with Gasteiger partial charge in [-0.25, -0.2) is 0 Å². The van der Waals surface area contributed by atoms with E-state index < -0.39 is 0 Å². The summed E-state index contributed by atoms with van der Waals surface area (Å²) >= 11 is 0. The fourth-order valence-electron chi connectivity index (χ4n) is 1.98. The van der Waals surface area contributed by atoms with Gasteiger partial charge in [-0.3, -0.25) is 4.68 Å². The summed E-state index contributed by atoms with van der Waals surface area (Å²) in [6.45, 7) is 2.25. The Morgan fingerprint density at radius 1 is 1.33 bits per heavy atom. The van der Waals surface area contributed by atoms with E-state index in [-0.39, 0.29) is 0 Å². The molecule has 0 saturated carbocycles. The van der Waals surface area contributed by atoms with Crippen molar-refractivity contribution >= 4 is 5.71 Å². The van der Waals surface area contributed by atoms with E-state index in [0.29, 0.717) is 23.8 Å². The molecule has 0 aliphatic carbocycles. The van der Waals surface area contributed by atoms with Crippen LogP contribution in [-0.4, -0.2) is 34.4 Å². The van der Waals surface area contributed by atoms with Gasteiger partial charge in [0.05, 0.1) is 19.4 Å². The molecule has 0 atom stereocenters. The summed E-state index contributed by atoms with van der Waals surface area (Å²) in [5.41, 5.74) is 2.41. The number of ether oxygens (including phenoxy) is 2. The van der Waals surface area contributed by atoms with Crippen molar-refractivity contribution < 1.29 is 14.7 Å². The molecule has 2 aromatic rings. The largest absolute Gasteiger partial charge is 0.493 e. The van der Waals surface area contributed by atoms with Crippen LogP contribution in [0.1, 0.15) is 18.2 Å². The van der Waals surface area contributed by atoms with Crippen LogP contribution >= 0.6 is 0 Å². The molecular weight excluding hydrogens is 270 g/mol. The van der Waals surface area contributed by atoms with Gasteiger partial charge < -0.3 is 14.7 Å². The molecular formula is C15H19N3O3. The van der Waals surface area contributed by atoms with Gasteiger partial charge in [-0.15, -0.1) is 0 Å². The van der Waals surface area contributed by atoms with Crippen LogP contribution in [0.3, 0.4) is 0 Å². The molecule has 0 aliphatic rings. The number of methoxy groups -OCH3 is 1. The summed E-state index contributed by atoms with van der Waals surface area (Å²) in [7, 11) is 3.49. The monoisotopic (exact) mass is 289 g/mol. The van der Waals surface area contributed by atoms with E-state index in [1.54, 1.807) is 26.3 Å². The summed E-state index contributed by atoms with van der Waals surface area (Å²) in [6, 6.07) is 7.39. The Bertz CT molecular complexity index is 635. The number of nitrogens with zero attached hydrogens (tertiary/aromatic N) is 3. The van der Waals surface area contributed by atoms with Gasteiger partial charge in [0.2, 0.25) is 0 Å². The molecule has 1 N–H and O–H groups in total. The molecule has 0 unspecified atom stereocenters. The maximum absolute atomic E-state index is 8.80. The van der Waals surface area contributed by atoms with Crippen LogP contribution in [0.4, 0.5) is 0 Å². The number of benzene rings is 1. The Kier molecular flexibility index (Phi) is 4.81. The lowest BCUT2D eigenvalue weighted by Crippen LogP contribution is -2.07. The van der Waals surface area contributed by atoms with Gasteiger partial charge in [-0.2, -0.15) is 5.10 Å². The minimum atomic E-state index is 0.523. The molecule has 0 spiro atoms. The van der Waals surface area contributed by atoms with Crippen LogP contribution in [0, 0.1) is 0 Å². The van der Waals surface area contributed by atoms with Crippen LogP contribution in [0.15, 0.2) is 35.6 Å². The molecule has 6 nitrogen and oxygen atoms in total. The zero-order valence-corrected chi connectivity index (χ0v) is 12.4. The second kappa shape index (κ2) is 6.78. The van der Waals surface area contributed by atoms with E-state index >= 15 is 0 Å². The van der Waals surface area contributed by atoms with Crippen molar-refractivity contribution in [2.24, 2.45) is 12.2 Å². The van der Waals surface area contributed by atoms with Crippen LogP contribution in [0.5, 0.6) is 11.5 Å². The van der Waals surface area contributed by atoms with E-state index in [0.717, 1.165) is 17.7 Å². The summed E-state index contributed by atoms with van der Waals surface area (Å²) in [5.74, 6) is 1.27. The van der Waals surface area contributed by atoms with Gasteiger partial charge in [-0.05, 0) is 31.2 Å². The Morgan fingerprint density at radius 3 is 2.76 bits per heavy atom. The van der Waals surface area contributed by atoms with Crippen molar-refractivity contribution in [2.75, 3.05) is 13.7 Å². The van der Waals surface area contributed by atoms with E-state index in [1.807, 2.05) is 29.9 Å². The minimum absolute atomic E-state index is 0.523. The first kappa shape index (κ1) is 14.9. The second-order valence-corrected chi connectivity index (χ2v) is 4.60. The summed E-state index contributed by atoms with van der Waals surface area (Å²) in [5, 5.41) is 16.1. The van der Waals surface area contributed by atoms with E-state index in [2.05, 4.69) is 10.3 Å². The molecule has 1 aromatic carbocycles. The minimum Gasteiger partial charge on any atom is -0.493 e. The first-order valence-corrected chi connectivity index (χ1v) is 6.62. The fraction of sp³-hybridized carbons (Fsp3) is 0.333. The van der Waals surface area contributed by atoms with Gasteiger partial charge in [0.1, 0.15) is 0 Å². The predicted molar refractivity (Wildman–Crippen MR) is 79.4 cm³/mol. The van der Waals surface area contributed by atoms with Crippen molar-refractivity contribution in [2.45, 2.75) is 13.3 Å². The molecule has 0 amide bonds. The molecule has 21 heavy (non-hydrogen) atoms. The lowest BCUT2D eigenvalue weighted by atomic mass is 10.1. The number of aromatic nitrogens is 2. The normalized spacial score (nSPS) is 11.5. The molecule has 112 valence electrons. The highest BCUT2D eigenvalue weighted by Gasteiger charge is 2.08. The average Bonchev–Trinajstić information content (AvgIpc) is 2.92. The van der Waals surface area contributed by atoms with Gasteiger partial charge in [-0.1, -0.05) is 5.16 Å². The number of rotatable bonds is 6. The van der Waals surface area contributed by atoms with E-state index in [4.69, 9.17) is 14.7 Å². The molecule has 0 saturated heterocycles. The Labute approximate surface area is 123 Å². The molecule has 2 rings (SSSR count). The van der Waals surface area contributed by atoms with Crippen molar-refractivity contribution in [3.05, 3.63) is 41.7 Å². The van der Waals surface area contributed by atoms with E-state index in [1.165, 1.54) is 0 Å². The second-order valence-electron chi connectivity index (χ2n) is 4.60. The molecule has 0 aliphatic heterocycles. The maximum atomic E-state index is 8.80. The third-order valence-corrected chi connectivity index (χ3v) is 3.27. The summed E-state index contributed by atoms with van der Waals surface area (Å²) in [6.07, 6.45) is 2.53. The highest BCUT2D eigenvalue weighted by Crippen LogP contribution is 2.28. The SMILES string of the molecule is COc1cc(/C(C)=N/O)ccc1OCCc1ccnn1C. The van der Waals surface area contributed by atoms with E-state index in [9.17, 15) is 0 Å². The first-order chi connectivity index (χ1) is 10.2. The van der Waals surface area contributed by atoms with Crippen molar-refractivity contribution in [1.82, 2.24) is 9.78 Å². The van der Waals surface area contributed by atoms with Crippen molar-refractivity contribution in [3.63, 3.8) is 0 Å². The number of hydrogen-bond donors (Lipinski definition) is 1. The van der Waals surface area contributed by atoms with Crippen LogP contribution < -0.4 is 9.47 Å². The third kappa shape index (κ3) is 3.53. The van der Waals surface area contributed by atoms with Gasteiger partial charge in [0.15, 0.2) is 11.5 Å². The topological polar surface area (TPSA) is 68.9 Å². The fourth-order valence-corrected chi connectivity index (χ4v) is 1.98. The summed E-state index contributed by atoms with van der Waals surface area (Å²) < 4.78 is 12.9. The third-order valence-electron chi connectivity index (χ3n) is 3.27. The lowest BCUT2D eigenvalue weighted by molar-refractivity contribution is 0.295. The van der Waals surface area contributed by atoms with Gasteiger partial charge >= 0.3 is 0 Å². The number of aryl methyl sites for hydroxylation is 1. The Morgan fingerprint density at radius 2 is 2.14 bits per heavy atom. The van der Waals surface area contributed by atoms with Crippen molar-refractivity contribution in [3.8, 4) is 11.5 Å². The van der Waals surface area contributed by atoms with Gasteiger partial charge in [0, 0.05) is 30.9 Å². The van der Waals surface area contributed by atoms with Crippen molar-refractivity contribution in [1.29, 1.82) is 0 Å².